The number of nitrogens with one attached hydrogen (secondary N) is 1. The number of benzene rings is 2. The lowest BCUT2D eigenvalue weighted by atomic mass is 10.2. The van der Waals surface area contributed by atoms with Crippen molar-refractivity contribution in [3.63, 3.8) is 0 Å². The number of amides is 1. The molecule has 1 N–H and O–H groups in total. The van der Waals surface area contributed by atoms with Crippen molar-refractivity contribution in [2.24, 2.45) is 5.16 Å². The third-order valence-corrected chi connectivity index (χ3v) is 3.42. The van der Waals surface area contributed by atoms with E-state index >= 15 is 0 Å². The molecule has 0 unspecified atom stereocenters. The normalized spacial score (nSPS) is 10.4. The molecular weight excluding hydrogens is 360 g/mol. The maximum Gasteiger partial charge on any atom is 0.347 e. The van der Waals surface area contributed by atoms with Gasteiger partial charge in [-0.05, 0) is 42.0 Å². The summed E-state index contributed by atoms with van der Waals surface area (Å²) in [6, 6.07) is 13.8. The second-order valence-corrected chi connectivity index (χ2v) is 5.38. The zero-order valence-corrected chi connectivity index (χ0v) is 14.7. The van der Waals surface area contributed by atoms with Gasteiger partial charge in [0, 0.05) is 0 Å². The molecule has 0 bridgehead atoms. The van der Waals surface area contributed by atoms with E-state index in [-0.39, 0.29) is 0 Å². The number of halogens is 1. The van der Waals surface area contributed by atoms with Crippen molar-refractivity contribution in [3.05, 3.63) is 59.1 Å². The zero-order valence-electron chi connectivity index (χ0n) is 14.0. The minimum absolute atomic E-state index is 0.392. The molecule has 2 aromatic rings. The van der Waals surface area contributed by atoms with Gasteiger partial charge in [-0.15, -0.1) is 0 Å². The standard InChI is InChI=1S/C18H17ClN2O5/c1-24-14-8-6-13(7-9-14)10-20-26-12-18(23)25-11-17(22)21-16-5-3-2-4-15(16)19/h2-10H,11-12H2,1H3,(H,21,22)/b20-10-. The number of hydrogen-bond donors (Lipinski definition) is 1. The number of carbonyl (C=O) groups is 2. The van der Waals surface area contributed by atoms with Crippen molar-refractivity contribution in [2.45, 2.75) is 0 Å². The lowest BCUT2D eigenvalue weighted by Crippen LogP contribution is -2.22. The predicted molar refractivity (Wildman–Crippen MR) is 97.6 cm³/mol. The van der Waals surface area contributed by atoms with Crippen LogP contribution in [0.2, 0.25) is 5.02 Å². The van der Waals surface area contributed by atoms with Crippen LogP contribution in [0.3, 0.4) is 0 Å². The third kappa shape index (κ3) is 6.45. The van der Waals surface area contributed by atoms with Gasteiger partial charge in [0.15, 0.2) is 6.61 Å². The highest BCUT2D eigenvalue weighted by Crippen LogP contribution is 2.20. The van der Waals surface area contributed by atoms with Gasteiger partial charge in [-0.1, -0.05) is 28.9 Å². The van der Waals surface area contributed by atoms with Gasteiger partial charge >= 0.3 is 5.97 Å². The van der Waals surface area contributed by atoms with Crippen LogP contribution in [0.25, 0.3) is 0 Å². The number of rotatable bonds is 8. The van der Waals surface area contributed by atoms with E-state index in [1.54, 1.807) is 55.6 Å². The Hall–Kier alpha value is -3.06. The molecule has 2 aromatic carbocycles. The predicted octanol–water partition coefficient (Wildman–Crippen LogP) is 2.88. The molecule has 136 valence electrons. The third-order valence-electron chi connectivity index (χ3n) is 3.09. The van der Waals surface area contributed by atoms with Gasteiger partial charge in [-0.2, -0.15) is 0 Å². The van der Waals surface area contributed by atoms with Crippen molar-refractivity contribution in [2.75, 3.05) is 25.6 Å². The summed E-state index contributed by atoms with van der Waals surface area (Å²) in [6.45, 7) is -0.859. The van der Waals surface area contributed by atoms with Crippen LogP contribution >= 0.6 is 11.6 Å². The number of oxime groups is 1. The van der Waals surface area contributed by atoms with Gasteiger partial charge in [0.2, 0.25) is 6.61 Å². The van der Waals surface area contributed by atoms with Crippen LogP contribution in [0.4, 0.5) is 5.69 Å². The molecule has 0 spiro atoms. The fraction of sp³-hybridized carbons (Fsp3) is 0.167. The van der Waals surface area contributed by atoms with Crippen LogP contribution < -0.4 is 10.1 Å². The molecular formula is C18H17ClN2O5. The molecule has 0 aromatic heterocycles. The van der Waals surface area contributed by atoms with Crippen LogP contribution in [-0.2, 0) is 19.2 Å². The van der Waals surface area contributed by atoms with Gasteiger partial charge in [0.25, 0.3) is 5.91 Å². The molecule has 2 rings (SSSR count). The van der Waals surface area contributed by atoms with E-state index in [9.17, 15) is 9.59 Å². The summed E-state index contributed by atoms with van der Waals surface area (Å²) < 4.78 is 9.83. The van der Waals surface area contributed by atoms with E-state index in [2.05, 4.69) is 10.5 Å². The Labute approximate surface area is 155 Å². The maximum absolute atomic E-state index is 11.7. The van der Waals surface area contributed by atoms with Crippen LogP contribution in [0.15, 0.2) is 53.7 Å². The minimum atomic E-state index is -0.716. The summed E-state index contributed by atoms with van der Waals surface area (Å²) >= 11 is 5.92. The Morgan fingerprint density at radius 3 is 2.54 bits per heavy atom. The fourth-order valence-electron chi connectivity index (χ4n) is 1.81. The van der Waals surface area contributed by atoms with E-state index < -0.39 is 25.1 Å². The average Bonchev–Trinajstić information content (AvgIpc) is 2.66. The molecule has 0 heterocycles. The Bertz CT molecular complexity index is 777. The molecule has 26 heavy (non-hydrogen) atoms. The number of nitrogens with zero attached hydrogens (tertiary/aromatic N) is 1. The molecule has 0 radical (unpaired) electrons. The number of hydrogen-bond acceptors (Lipinski definition) is 6. The second-order valence-electron chi connectivity index (χ2n) is 4.97. The summed E-state index contributed by atoms with van der Waals surface area (Å²) in [5.74, 6) is -0.499. The highest BCUT2D eigenvalue weighted by atomic mass is 35.5. The lowest BCUT2D eigenvalue weighted by Gasteiger charge is -2.07. The highest BCUT2D eigenvalue weighted by molar-refractivity contribution is 6.33. The second kappa shape index (κ2) is 10.0. The molecule has 7 nitrogen and oxygen atoms in total. The van der Waals surface area contributed by atoms with Gasteiger partial charge in [-0.25, -0.2) is 4.79 Å². The van der Waals surface area contributed by atoms with Gasteiger partial charge in [0.05, 0.1) is 24.0 Å². The summed E-state index contributed by atoms with van der Waals surface area (Å²) in [4.78, 5) is 28.1. The summed E-state index contributed by atoms with van der Waals surface area (Å²) in [7, 11) is 1.58. The molecule has 0 aliphatic rings. The number of ether oxygens (including phenoxy) is 2. The van der Waals surface area contributed by atoms with E-state index in [4.69, 9.17) is 25.9 Å². The van der Waals surface area contributed by atoms with Crippen molar-refractivity contribution in [1.82, 2.24) is 0 Å². The van der Waals surface area contributed by atoms with Gasteiger partial charge in [-0.3, -0.25) is 4.79 Å². The lowest BCUT2D eigenvalue weighted by molar-refractivity contribution is -0.151. The summed E-state index contributed by atoms with van der Waals surface area (Å²) in [5.41, 5.74) is 1.22. The molecule has 0 saturated carbocycles. The first-order valence-electron chi connectivity index (χ1n) is 7.58. The van der Waals surface area contributed by atoms with E-state index in [1.807, 2.05) is 0 Å². The molecule has 8 heteroatoms. The molecule has 0 aliphatic heterocycles. The molecule has 1 amide bonds. The quantitative estimate of drug-likeness (QED) is 0.435. The number of methoxy groups -OCH3 is 1. The maximum atomic E-state index is 11.7. The number of para-hydroxylation sites is 1. The van der Waals surface area contributed by atoms with Crippen molar-refractivity contribution < 1.29 is 23.9 Å². The Kier molecular flexibility index (Phi) is 7.45. The first-order valence-corrected chi connectivity index (χ1v) is 7.95. The highest BCUT2D eigenvalue weighted by Gasteiger charge is 2.09. The largest absolute Gasteiger partial charge is 0.497 e. The van der Waals surface area contributed by atoms with E-state index in [0.29, 0.717) is 10.7 Å². The van der Waals surface area contributed by atoms with Crippen LogP contribution in [-0.4, -0.2) is 38.4 Å². The Morgan fingerprint density at radius 1 is 1.12 bits per heavy atom. The SMILES string of the molecule is COc1ccc(/C=N\OCC(=O)OCC(=O)Nc2ccccc2Cl)cc1. The van der Waals surface area contributed by atoms with Gasteiger partial charge in [0.1, 0.15) is 5.75 Å². The number of carbonyl (C=O) groups excluding carboxylic acids is 2. The van der Waals surface area contributed by atoms with Crippen LogP contribution in [0.1, 0.15) is 5.56 Å². The number of esters is 1. The summed E-state index contributed by atoms with van der Waals surface area (Å²) in [5, 5.41) is 6.59. The van der Waals surface area contributed by atoms with E-state index in [1.165, 1.54) is 6.21 Å². The van der Waals surface area contributed by atoms with Gasteiger partial charge < -0.3 is 19.6 Å². The molecule has 0 atom stereocenters. The van der Waals surface area contributed by atoms with Crippen molar-refractivity contribution >= 4 is 35.4 Å². The topological polar surface area (TPSA) is 86.2 Å². The van der Waals surface area contributed by atoms with Crippen molar-refractivity contribution in [3.8, 4) is 5.75 Å². The van der Waals surface area contributed by atoms with Crippen LogP contribution in [0, 0.1) is 0 Å². The Morgan fingerprint density at radius 2 is 1.85 bits per heavy atom. The number of anilines is 1. The fourth-order valence-corrected chi connectivity index (χ4v) is 2.00. The summed E-state index contributed by atoms with van der Waals surface area (Å²) in [6.07, 6.45) is 1.44. The van der Waals surface area contributed by atoms with Crippen LogP contribution in [0.5, 0.6) is 5.75 Å². The first-order chi connectivity index (χ1) is 12.6. The average molecular weight is 377 g/mol. The minimum Gasteiger partial charge on any atom is -0.497 e. The molecule has 0 saturated heterocycles. The zero-order chi connectivity index (χ0) is 18.8. The molecule has 0 aliphatic carbocycles. The smallest absolute Gasteiger partial charge is 0.347 e. The van der Waals surface area contributed by atoms with E-state index in [0.717, 1.165) is 11.3 Å². The monoisotopic (exact) mass is 376 g/mol. The van der Waals surface area contributed by atoms with Crippen molar-refractivity contribution in [1.29, 1.82) is 0 Å². The first kappa shape index (κ1) is 19.3. The Balaban J connectivity index is 1.67. The molecule has 0 fully saturated rings.